The van der Waals surface area contributed by atoms with Gasteiger partial charge in [-0.25, -0.2) is 4.39 Å². The summed E-state index contributed by atoms with van der Waals surface area (Å²) >= 11 is 0. The Morgan fingerprint density at radius 2 is 1.69 bits per heavy atom. The smallest absolute Gasteiger partial charge is 0.408 e. The molecule has 1 aliphatic carbocycles. The van der Waals surface area contributed by atoms with Crippen molar-refractivity contribution in [1.82, 2.24) is 9.58 Å². The lowest BCUT2D eigenvalue weighted by molar-refractivity contribution is -0.173. The number of pyridine rings is 1. The molecule has 2 heterocycles. The largest absolute Gasteiger partial charge is 0.502 e. The van der Waals surface area contributed by atoms with Crippen LogP contribution in [0.1, 0.15) is 45.7 Å². The number of halogens is 4. The van der Waals surface area contributed by atoms with Gasteiger partial charge in [0.25, 0.3) is 5.91 Å². The summed E-state index contributed by atoms with van der Waals surface area (Å²) in [6.07, 6.45) is -2.45. The molecule has 5 rings (SSSR count). The molecule has 0 saturated heterocycles. The maximum Gasteiger partial charge on any atom is 0.408 e. The first-order chi connectivity index (χ1) is 16.6. The van der Waals surface area contributed by atoms with Crippen LogP contribution in [0.5, 0.6) is 5.75 Å². The van der Waals surface area contributed by atoms with Crippen molar-refractivity contribution in [3.05, 3.63) is 98.7 Å². The summed E-state index contributed by atoms with van der Waals surface area (Å²) < 4.78 is 57.8. The Balaban J connectivity index is 1.80. The predicted molar refractivity (Wildman–Crippen MR) is 119 cm³/mol. The molecule has 0 radical (unpaired) electrons. The van der Waals surface area contributed by atoms with Crippen molar-refractivity contribution >= 4 is 5.91 Å². The normalized spacial score (nSPS) is 18.4. The Morgan fingerprint density at radius 1 is 1.00 bits per heavy atom. The zero-order valence-corrected chi connectivity index (χ0v) is 18.6. The van der Waals surface area contributed by atoms with E-state index in [0.29, 0.717) is 28.9 Å². The highest BCUT2D eigenvalue weighted by molar-refractivity contribution is 5.96. The average Bonchev–Trinajstić information content (AvgIpc) is 2.98. The molecule has 6 nitrogen and oxygen atoms in total. The van der Waals surface area contributed by atoms with Crippen molar-refractivity contribution in [2.24, 2.45) is 0 Å². The van der Waals surface area contributed by atoms with Gasteiger partial charge in [0.05, 0.1) is 0 Å². The van der Waals surface area contributed by atoms with E-state index in [1.54, 1.807) is 24.3 Å². The molecule has 2 aromatic carbocycles. The lowest BCUT2D eigenvalue weighted by atomic mass is 9.93. The first-order valence-electron chi connectivity index (χ1n) is 11.0. The second-order valence-corrected chi connectivity index (χ2v) is 8.71. The summed E-state index contributed by atoms with van der Waals surface area (Å²) in [6, 6.07) is 9.74. The SMILES string of the molecule is C[C@@H](N1CN(C2c3ccccc3CCc3cccc(F)c32)n2ccc(=O)c(O)c2C1=O)C(F)(F)F. The third-order valence-corrected chi connectivity index (χ3v) is 6.76. The number of aryl methyl sites for hydroxylation is 2. The molecule has 0 bridgehead atoms. The fourth-order valence-corrected chi connectivity index (χ4v) is 4.90. The predicted octanol–water partition coefficient (Wildman–Crippen LogP) is 3.88. The van der Waals surface area contributed by atoms with E-state index >= 15 is 4.39 Å². The summed E-state index contributed by atoms with van der Waals surface area (Å²) in [6.45, 7) is 0.279. The standard InChI is InChI=1S/C25H21F4N3O3/c1-14(25(27,28)29)30-13-32(31-12-11-19(33)23(34)22(31)24(30)35)21-17-7-3-2-5-15(17)9-10-16-6-4-8-18(26)20(16)21/h2-8,11-12,14,21,34H,9-10,13H2,1H3/t14-,21?/m1/s1. The van der Waals surface area contributed by atoms with Crippen LogP contribution in [0.15, 0.2) is 59.5 Å². The van der Waals surface area contributed by atoms with Crippen LogP contribution in [-0.4, -0.2) is 39.5 Å². The molecule has 10 heteroatoms. The second kappa shape index (κ2) is 8.14. The molecule has 1 aliphatic heterocycles. The number of benzene rings is 2. The molecule has 1 amide bonds. The van der Waals surface area contributed by atoms with Gasteiger partial charge in [0.1, 0.15) is 24.6 Å². The topological polar surface area (TPSA) is 65.8 Å². The van der Waals surface area contributed by atoms with Crippen LogP contribution in [0, 0.1) is 5.82 Å². The number of aromatic hydroxyl groups is 1. The van der Waals surface area contributed by atoms with Crippen LogP contribution in [0.4, 0.5) is 17.6 Å². The molecule has 3 aromatic rings. The summed E-state index contributed by atoms with van der Waals surface area (Å²) in [4.78, 5) is 25.8. The molecule has 2 atom stereocenters. The van der Waals surface area contributed by atoms with Gasteiger partial charge >= 0.3 is 6.18 Å². The number of rotatable bonds is 2. The maximum absolute atomic E-state index is 15.4. The Bertz CT molecular complexity index is 1390. The van der Waals surface area contributed by atoms with E-state index in [2.05, 4.69) is 0 Å². The molecule has 1 unspecified atom stereocenters. The van der Waals surface area contributed by atoms with Crippen LogP contribution in [0.2, 0.25) is 0 Å². The first-order valence-corrected chi connectivity index (χ1v) is 11.0. The zero-order chi connectivity index (χ0) is 25.1. The minimum atomic E-state index is -4.77. The van der Waals surface area contributed by atoms with Gasteiger partial charge in [-0.15, -0.1) is 0 Å². The third-order valence-electron chi connectivity index (χ3n) is 6.76. The summed E-state index contributed by atoms with van der Waals surface area (Å²) in [7, 11) is 0. The fraction of sp³-hybridized carbons (Fsp3) is 0.280. The van der Waals surface area contributed by atoms with Crippen LogP contribution < -0.4 is 10.4 Å². The van der Waals surface area contributed by atoms with Crippen LogP contribution >= 0.6 is 0 Å². The van der Waals surface area contributed by atoms with Crippen molar-refractivity contribution in [1.29, 1.82) is 0 Å². The van der Waals surface area contributed by atoms with E-state index in [4.69, 9.17) is 0 Å². The second-order valence-electron chi connectivity index (χ2n) is 8.71. The van der Waals surface area contributed by atoms with E-state index in [1.807, 2.05) is 12.1 Å². The van der Waals surface area contributed by atoms with Crippen LogP contribution in [0.3, 0.4) is 0 Å². The molecule has 2 aliphatic rings. The van der Waals surface area contributed by atoms with Crippen molar-refractivity contribution in [2.75, 3.05) is 11.7 Å². The number of aromatic nitrogens is 1. The Hall–Kier alpha value is -3.82. The first kappa shape index (κ1) is 22.9. The summed E-state index contributed by atoms with van der Waals surface area (Å²) in [5.74, 6) is -2.64. The van der Waals surface area contributed by atoms with E-state index in [1.165, 1.54) is 21.9 Å². The Labute approximate surface area is 197 Å². The van der Waals surface area contributed by atoms with Gasteiger partial charge in [-0.05, 0) is 42.5 Å². The number of hydrogen-bond acceptors (Lipinski definition) is 4. The van der Waals surface area contributed by atoms with Crippen LogP contribution in [-0.2, 0) is 12.8 Å². The highest BCUT2D eigenvalue weighted by Gasteiger charge is 2.47. The van der Waals surface area contributed by atoms with Crippen LogP contribution in [0.25, 0.3) is 0 Å². The number of nitrogens with zero attached hydrogens (tertiary/aromatic N) is 3. The van der Waals surface area contributed by atoms with Crippen molar-refractivity contribution < 1.29 is 27.5 Å². The van der Waals surface area contributed by atoms with E-state index in [0.717, 1.165) is 18.6 Å². The van der Waals surface area contributed by atoms with Gasteiger partial charge in [0.15, 0.2) is 11.4 Å². The summed E-state index contributed by atoms with van der Waals surface area (Å²) in [5.41, 5.74) is 1.00. The molecular weight excluding hydrogens is 466 g/mol. The highest BCUT2D eigenvalue weighted by Crippen LogP contribution is 2.40. The van der Waals surface area contributed by atoms with E-state index in [-0.39, 0.29) is 5.56 Å². The van der Waals surface area contributed by atoms with E-state index < -0.39 is 53.5 Å². The number of amides is 1. The Morgan fingerprint density at radius 3 is 2.43 bits per heavy atom. The highest BCUT2D eigenvalue weighted by atomic mass is 19.4. The van der Waals surface area contributed by atoms with Gasteiger partial charge in [0, 0.05) is 17.8 Å². The lowest BCUT2D eigenvalue weighted by Gasteiger charge is -2.46. The molecule has 182 valence electrons. The van der Waals surface area contributed by atoms with Crippen molar-refractivity contribution in [3.8, 4) is 5.75 Å². The number of alkyl halides is 3. The molecule has 0 spiro atoms. The minimum absolute atomic E-state index is 0.274. The quantitative estimate of drug-likeness (QED) is 0.558. The lowest BCUT2D eigenvalue weighted by Crippen LogP contribution is -2.60. The van der Waals surface area contributed by atoms with E-state index in [9.17, 15) is 27.9 Å². The number of fused-ring (bicyclic) bond motifs is 3. The molecule has 0 fully saturated rings. The van der Waals surface area contributed by atoms with Crippen molar-refractivity contribution in [3.63, 3.8) is 0 Å². The third kappa shape index (κ3) is 3.64. The number of hydrogen-bond donors (Lipinski definition) is 1. The van der Waals surface area contributed by atoms with Gasteiger partial charge in [-0.3, -0.25) is 19.3 Å². The van der Waals surface area contributed by atoms with Crippen molar-refractivity contribution in [2.45, 2.75) is 38.0 Å². The molecule has 35 heavy (non-hydrogen) atoms. The van der Waals surface area contributed by atoms with Gasteiger partial charge < -0.3 is 10.0 Å². The van der Waals surface area contributed by atoms with Gasteiger partial charge in [-0.2, -0.15) is 13.2 Å². The Kier molecular flexibility index (Phi) is 5.34. The average molecular weight is 487 g/mol. The number of carbonyl (C=O) groups is 1. The monoisotopic (exact) mass is 487 g/mol. The molecule has 1 N–H and O–H groups in total. The molecular formula is C25H21F4N3O3. The molecule has 1 aromatic heterocycles. The van der Waals surface area contributed by atoms with Gasteiger partial charge in [-0.1, -0.05) is 36.4 Å². The summed E-state index contributed by atoms with van der Waals surface area (Å²) in [5, 5.41) is 11.9. The van der Waals surface area contributed by atoms with Gasteiger partial charge in [0.2, 0.25) is 5.43 Å². The maximum atomic E-state index is 15.4. The zero-order valence-electron chi connectivity index (χ0n) is 18.6. The number of carbonyl (C=O) groups excluding carboxylic acids is 1. The minimum Gasteiger partial charge on any atom is -0.502 e. The molecule has 0 saturated carbocycles. The fourth-order valence-electron chi connectivity index (χ4n) is 4.90.